The molecule has 0 unspecified atom stereocenters. The lowest BCUT2D eigenvalue weighted by molar-refractivity contribution is 0.102. The maximum atomic E-state index is 12.9. The number of sulfone groups is 1. The number of carbonyl (C=O) groups excluding carboxylic acids is 1. The standard InChI is InChI=1S/C22H29BrN2O5S2/c1-4-5-6-7-8-15-32(29,30)19-12-10-18(11-13-19)24-22(26)20-16-17(23)9-14-21(20)25(2)31(3,27)28/h9-14,16H,4-8,15H2,1-3H3,(H,24,26). The van der Waals surface area contributed by atoms with E-state index >= 15 is 0 Å². The summed E-state index contributed by atoms with van der Waals surface area (Å²) in [4.78, 5) is 13.1. The molecule has 0 atom stereocenters. The number of rotatable bonds is 11. The quantitative estimate of drug-likeness (QED) is 0.408. The van der Waals surface area contributed by atoms with Gasteiger partial charge in [0.25, 0.3) is 5.91 Å². The van der Waals surface area contributed by atoms with Crippen molar-refractivity contribution in [1.82, 2.24) is 0 Å². The molecule has 0 saturated carbocycles. The number of halogens is 1. The van der Waals surface area contributed by atoms with E-state index in [1.54, 1.807) is 6.07 Å². The maximum Gasteiger partial charge on any atom is 0.257 e. The van der Waals surface area contributed by atoms with Crippen molar-refractivity contribution in [2.75, 3.05) is 28.7 Å². The van der Waals surface area contributed by atoms with Crippen LogP contribution in [0, 0.1) is 0 Å². The molecule has 2 rings (SSSR count). The van der Waals surface area contributed by atoms with Gasteiger partial charge in [-0.1, -0.05) is 48.5 Å². The minimum absolute atomic E-state index is 0.0989. The number of hydrogen-bond acceptors (Lipinski definition) is 5. The Balaban J connectivity index is 2.15. The second-order valence-corrected chi connectivity index (χ2v) is 12.6. The van der Waals surface area contributed by atoms with E-state index in [0.717, 1.165) is 36.2 Å². The van der Waals surface area contributed by atoms with E-state index in [1.165, 1.54) is 43.4 Å². The lowest BCUT2D eigenvalue weighted by atomic mass is 10.1. The molecule has 0 fully saturated rings. The van der Waals surface area contributed by atoms with Gasteiger partial charge < -0.3 is 5.32 Å². The first-order valence-corrected chi connectivity index (χ1v) is 14.6. The van der Waals surface area contributed by atoms with E-state index < -0.39 is 25.8 Å². The highest BCUT2D eigenvalue weighted by Crippen LogP contribution is 2.27. The fourth-order valence-electron chi connectivity index (χ4n) is 3.10. The van der Waals surface area contributed by atoms with Gasteiger partial charge in [0, 0.05) is 17.2 Å². The van der Waals surface area contributed by atoms with Crippen molar-refractivity contribution in [3.05, 3.63) is 52.5 Å². The van der Waals surface area contributed by atoms with Gasteiger partial charge in [0.05, 0.1) is 28.2 Å². The van der Waals surface area contributed by atoms with Gasteiger partial charge >= 0.3 is 0 Å². The fourth-order valence-corrected chi connectivity index (χ4v) is 5.35. The molecule has 7 nitrogen and oxygen atoms in total. The first kappa shape index (κ1) is 26.3. The van der Waals surface area contributed by atoms with Gasteiger partial charge in [-0.05, 0) is 48.9 Å². The highest BCUT2D eigenvalue weighted by Gasteiger charge is 2.21. The normalized spacial score (nSPS) is 11.9. The predicted octanol–water partition coefficient (Wildman–Crippen LogP) is 4.84. The van der Waals surface area contributed by atoms with Crippen LogP contribution in [-0.4, -0.2) is 41.8 Å². The molecule has 176 valence electrons. The SMILES string of the molecule is CCCCCCCS(=O)(=O)c1ccc(NC(=O)c2cc(Br)ccc2N(C)S(C)(=O)=O)cc1. The summed E-state index contributed by atoms with van der Waals surface area (Å²) >= 11 is 3.30. The molecular formula is C22H29BrN2O5S2. The maximum absolute atomic E-state index is 12.9. The van der Waals surface area contributed by atoms with Crippen molar-refractivity contribution in [1.29, 1.82) is 0 Å². The molecule has 0 radical (unpaired) electrons. The van der Waals surface area contributed by atoms with E-state index in [9.17, 15) is 21.6 Å². The zero-order chi connectivity index (χ0) is 23.9. The van der Waals surface area contributed by atoms with Crippen LogP contribution in [0.3, 0.4) is 0 Å². The van der Waals surface area contributed by atoms with Crippen molar-refractivity contribution in [3.8, 4) is 0 Å². The Labute approximate surface area is 199 Å². The summed E-state index contributed by atoms with van der Waals surface area (Å²) in [5, 5.41) is 2.70. The minimum Gasteiger partial charge on any atom is -0.322 e. The molecule has 0 bridgehead atoms. The molecule has 0 spiro atoms. The van der Waals surface area contributed by atoms with E-state index in [1.807, 2.05) is 0 Å². The molecule has 10 heteroatoms. The third kappa shape index (κ3) is 7.31. The minimum atomic E-state index is -3.56. The van der Waals surface area contributed by atoms with Gasteiger partial charge in [0.15, 0.2) is 9.84 Å². The van der Waals surface area contributed by atoms with Crippen molar-refractivity contribution in [3.63, 3.8) is 0 Å². The highest BCUT2D eigenvalue weighted by atomic mass is 79.9. The van der Waals surface area contributed by atoms with Crippen LogP contribution in [0.2, 0.25) is 0 Å². The fraction of sp³-hybridized carbons (Fsp3) is 0.409. The Hall–Kier alpha value is -1.91. The number of nitrogens with one attached hydrogen (secondary N) is 1. The average Bonchev–Trinajstić information content (AvgIpc) is 2.72. The Morgan fingerprint density at radius 2 is 1.59 bits per heavy atom. The van der Waals surface area contributed by atoms with Crippen LogP contribution < -0.4 is 9.62 Å². The number of nitrogens with zero attached hydrogens (tertiary/aromatic N) is 1. The lowest BCUT2D eigenvalue weighted by Crippen LogP contribution is -2.27. The van der Waals surface area contributed by atoms with Crippen LogP contribution in [0.15, 0.2) is 51.8 Å². The predicted molar refractivity (Wildman–Crippen MR) is 133 cm³/mol. The number of anilines is 2. The molecule has 1 amide bonds. The molecule has 0 saturated heterocycles. The molecule has 1 N–H and O–H groups in total. The second kappa shape index (κ2) is 11.3. The van der Waals surface area contributed by atoms with E-state index in [0.29, 0.717) is 16.6 Å². The second-order valence-electron chi connectivity index (χ2n) is 7.60. The van der Waals surface area contributed by atoms with Crippen LogP contribution in [0.1, 0.15) is 49.4 Å². The number of amides is 1. The summed E-state index contributed by atoms with van der Waals surface area (Å²) in [5.41, 5.74) is 0.802. The lowest BCUT2D eigenvalue weighted by Gasteiger charge is -2.20. The van der Waals surface area contributed by atoms with Crippen LogP contribution in [0.5, 0.6) is 0 Å². The highest BCUT2D eigenvalue weighted by molar-refractivity contribution is 9.10. The Morgan fingerprint density at radius 3 is 2.19 bits per heavy atom. The van der Waals surface area contributed by atoms with Gasteiger partial charge in [-0.25, -0.2) is 16.8 Å². The van der Waals surface area contributed by atoms with Crippen LogP contribution in [-0.2, 0) is 19.9 Å². The number of hydrogen-bond donors (Lipinski definition) is 1. The molecule has 0 aliphatic rings. The van der Waals surface area contributed by atoms with Crippen LogP contribution in [0.4, 0.5) is 11.4 Å². The molecule has 2 aromatic carbocycles. The van der Waals surface area contributed by atoms with Crippen molar-refractivity contribution in [2.24, 2.45) is 0 Å². The van der Waals surface area contributed by atoms with Crippen molar-refractivity contribution >= 4 is 53.1 Å². The largest absolute Gasteiger partial charge is 0.322 e. The molecule has 0 aliphatic heterocycles. The number of unbranched alkanes of at least 4 members (excludes halogenated alkanes) is 4. The summed E-state index contributed by atoms with van der Waals surface area (Å²) in [5.74, 6) is -0.412. The Bertz CT molecular complexity index is 1150. The van der Waals surface area contributed by atoms with Crippen LogP contribution in [0.25, 0.3) is 0 Å². The molecule has 32 heavy (non-hydrogen) atoms. The van der Waals surface area contributed by atoms with E-state index in [-0.39, 0.29) is 21.9 Å². The molecular weight excluding hydrogens is 516 g/mol. The van der Waals surface area contributed by atoms with E-state index in [2.05, 4.69) is 28.2 Å². The van der Waals surface area contributed by atoms with Crippen molar-refractivity contribution in [2.45, 2.75) is 43.9 Å². The number of sulfonamides is 1. The number of benzene rings is 2. The molecule has 0 aliphatic carbocycles. The Kier molecular flexibility index (Phi) is 9.29. The topological polar surface area (TPSA) is 101 Å². The Morgan fingerprint density at radius 1 is 0.969 bits per heavy atom. The van der Waals surface area contributed by atoms with Gasteiger partial charge in [-0.15, -0.1) is 0 Å². The van der Waals surface area contributed by atoms with E-state index in [4.69, 9.17) is 0 Å². The third-order valence-corrected chi connectivity index (χ3v) is 8.53. The van der Waals surface area contributed by atoms with Gasteiger partial charge in [0.1, 0.15) is 0 Å². The molecule has 0 heterocycles. The van der Waals surface area contributed by atoms with Crippen LogP contribution >= 0.6 is 15.9 Å². The van der Waals surface area contributed by atoms with Gasteiger partial charge in [0.2, 0.25) is 10.0 Å². The first-order valence-electron chi connectivity index (χ1n) is 10.3. The summed E-state index contributed by atoms with van der Waals surface area (Å²) in [6.07, 6.45) is 5.81. The average molecular weight is 546 g/mol. The third-order valence-electron chi connectivity index (χ3n) is 5.03. The van der Waals surface area contributed by atoms with Gasteiger partial charge in [-0.2, -0.15) is 0 Å². The summed E-state index contributed by atoms with van der Waals surface area (Å²) in [6.45, 7) is 2.11. The number of carbonyl (C=O) groups is 1. The monoisotopic (exact) mass is 544 g/mol. The molecule has 0 aromatic heterocycles. The molecule has 2 aromatic rings. The summed E-state index contributed by atoms with van der Waals surface area (Å²) in [7, 11) is -5.57. The smallest absolute Gasteiger partial charge is 0.257 e. The first-order chi connectivity index (χ1) is 15.0. The zero-order valence-corrected chi connectivity index (χ0v) is 21.7. The van der Waals surface area contributed by atoms with Crippen molar-refractivity contribution < 1.29 is 21.6 Å². The van der Waals surface area contributed by atoms with Gasteiger partial charge in [-0.3, -0.25) is 9.10 Å². The zero-order valence-electron chi connectivity index (χ0n) is 18.5. The summed E-state index contributed by atoms with van der Waals surface area (Å²) < 4.78 is 50.6. The summed E-state index contributed by atoms with van der Waals surface area (Å²) in [6, 6.07) is 10.7.